The first-order valence-electron chi connectivity index (χ1n) is 5.37. The smallest absolute Gasteiger partial charge is 0.112 e. The summed E-state index contributed by atoms with van der Waals surface area (Å²) in [5.41, 5.74) is 0. The van der Waals surface area contributed by atoms with E-state index in [4.69, 9.17) is 4.74 Å². The molecule has 1 rings (SSSR count). The molecule has 1 heterocycles. The zero-order chi connectivity index (χ0) is 10.4. The van der Waals surface area contributed by atoms with Gasteiger partial charge in [0.1, 0.15) is 12.4 Å². The molecular weight excluding hydrogens is 176 g/mol. The van der Waals surface area contributed by atoms with Crippen LogP contribution in [-0.4, -0.2) is 50.6 Å². The molecular formula is C11H22N2O. The second kappa shape index (κ2) is 5.91. The number of likely N-dealkylation sites (N-methyl/N-ethyl adjacent to an activating group) is 1. The first kappa shape index (κ1) is 11.4. The molecule has 0 N–H and O–H groups in total. The van der Waals surface area contributed by atoms with Crippen LogP contribution in [0.25, 0.3) is 0 Å². The highest BCUT2D eigenvalue weighted by atomic mass is 16.5. The van der Waals surface area contributed by atoms with Crippen molar-refractivity contribution in [3.8, 4) is 0 Å². The molecule has 0 amide bonds. The first-order chi connectivity index (χ1) is 6.68. The Morgan fingerprint density at radius 3 is 2.86 bits per heavy atom. The van der Waals surface area contributed by atoms with Gasteiger partial charge in [-0.25, -0.2) is 0 Å². The van der Waals surface area contributed by atoms with Crippen LogP contribution in [0.15, 0.2) is 12.0 Å². The maximum absolute atomic E-state index is 5.56. The highest BCUT2D eigenvalue weighted by Gasteiger charge is 2.06. The van der Waals surface area contributed by atoms with Crippen LogP contribution in [-0.2, 0) is 4.74 Å². The van der Waals surface area contributed by atoms with Crippen LogP contribution in [0.1, 0.15) is 19.3 Å². The summed E-state index contributed by atoms with van der Waals surface area (Å²) >= 11 is 0. The zero-order valence-corrected chi connectivity index (χ0v) is 9.62. The molecule has 0 aromatic heterocycles. The molecule has 0 saturated carbocycles. The number of allylic oxidation sites excluding steroid dienone is 1. The van der Waals surface area contributed by atoms with Gasteiger partial charge in [0, 0.05) is 19.7 Å². The lowest BCUT2D eigenvalue weighted by molar-refractivity contribution is 0.146. The molecule has 0 radical (unpaired) electrons. The summed E-state index contributed by atoms with van der Waals surface area (Å²) in [6, 6.07) is 0. The number of unbranched alkanes of at least 4 members (excludes halogenated alkanes) is 1. The van der Waals surface area contributed by atoms with Crippen molar-refractivity contribution in [1.82, 2.24) is 9.80 Å². The van der Waals surface area contributed by atoms with Gasteiger partial charge < -0.3 is 14.5 Å². The second-order valence-electron chi connectivity index (χ2n) is 4.18. The molecule has 0 saturated heterocycles. The zero-order valence-electron chi connectivity index (χ0n) is 9.62. The Hall–Kier alpha value is -0.700. The summed E-state index contributed by atoms with van der Waals surface area (Å²) in [5, 5.41) is 0. The van der Waals surface area contributed by atoms with Gasteiger partial charge in [-0.1, -0.05) is 0 Å². The number of rotatable bonds is 5. The molecule has 3 nitrogen and oxygen atoms in total. The van der Waals surface area contributed by atoms with E-state index in [1.807, 2.05) is 0 Å². The molecule has 0 aromatic carbocycles. The average Bonchev–Trinajstić information content (AvgIpc) is 2.12. The van der Waals surface area contributed by atoms with E-state index in [0.717, 1.165) is 25.3 Å². The van der Waals surface area contributed by atoms with E-state index < -0.39 is 0 Å². The Morgan fingerprint density at radius 1 is 1.43 bits per heavy atom. The number of hydrogen-bond acceptors (Lipinski definition) is 3. The van der Waals surface area contributed by atoms with Gasteiger partial charge in [0.15, 0.2) is 0 Å². The fourth-order valence-corrected chi connectivity index (χ4v) is 1.53. The molecule has 1 aliphatic rings. The van der Waals surface area contributed by atoms with Crippen LogP contribution in [0.2, 0.25) is 0 Å². The normalized spacial score (nSPS) is 16.9. The van der Waals surface area contributed by atoms with E-state index in [1.165, 1.54) is 19.4 Å². The molecule has 0 bridgehead atoms. The minimum absolute atomic E-state index is 0.843. The molecule has 0 spiro atoms. The predicted molar refractivity (Wildman–Crippen MR) is 59.1 cm³/mol. The monoisotopic (exact) mass is 198 g/mol. The number of nitrogens with zero attached hydrogens (tertiary/aromatic N) is 2. The summed E-state index contributed by atoms with van der Waals surface area (Å²) in [5.74, 6) is 1.15. The van der Waals surface area contributed by atoms with Crippen molar-refractivity contribution in [2.75, 3.05) is 40.8 Å². The lowest BCUT2D eigenvalue weighted by Gasteiger charge is -2.23. The van der Waals surface area contributed by atoms with E-state index in [0.29, 0.717) is 0 Å². The van der Waals surface area contributed by atoms with E-state index in [2.05, 4.69) is 37.1 Å². The van der Waals surface area contributed by atoms with Gasteiger partial charge in [0.05, 0.1) is 6.54 Å². The predicted octanol–water partition coefficient (Wildman–Crippen LogP) is 1.52. The van der Waals surface area contributed by atoms with E-state index >= 15 is 0 Å². The Labute approximate surface area is 87.3 Å². The fraction of sp³-hybridized carbons (Fsp3) is 0.818. The van der Waals surface area contributed by atoms with Crippen molar-refractivity contribution in [2.24, 2.45) is 0 Å². The highest BCUT2D eigenvalue weighted by Crippen LogP contribution is 2.13. The summed E-state index contributed by atoms with van der Waals surface area (Å²) in [6.07, 6.45) is 5.67. The quantitative estimate of drug-likeness (QED) is 0.623. The minimum Gasteiger partial charge on any atom is -0.495 e. The minimum atomic E-state index is 0.843. The first-order valence-corrected chi connectivity index (χ1v) is 5.37. The molecule has 0 aromatic rings. The van der Waals surface area contributed by atoms with Gasteiger partial charge in [-0.3, -0.25) is 0 Å². The Morgan fingerprint density at radius 2 is 2.21 bits per heavy atom. The molecule has 0 aliphatic carbocycles. The molecule has 82 valence electrons. The summed E-state index contributed by atoms with van der Waals surface area (Å²) < 4.78 is 5.56. The van der Waals surface area contributed by atoms with E-state index in [-0.39, 0.29) is 0 Å². The topological polar surface area (TPSA) is 15.7 Å². The molecule has 3 heteroatoms. The molecule has 1 aliphatic heterocycles. The van der Waals surface area contributed by atoms with Crippen molar-refractivity contribution in [2.45, 2.75) is 19.3 Å². The average molecular weight is 198 g/mol. The fourth-order valence-electron chi connectivity index (χ4n) is 1.53. The lowest BCUT2D eigenvalue weighted by Crippen LogP contribution is -2.23. The van der Waals surface area contributed by atoms with Crippen LogP contribution in [0.4, 0.5) is 0 Å². The van der Waals surface area contributed by atoms with Crippen LogP contribution >= 0.6 is 0 Å². The van der Waals surface area contributed by atoms with Gasteiger partial charge in [0.2, 0.25) is 0 Å². The van der Waals surface area contributed by atoms with Crippen LogP contribution < -0.4 is 0 Å². The van der Waals surface area contributed by atoms with Gasteiger partial charge >= 0.3 is 0 Å². The van der Waals surface area contributed by atoms with Crippen molar-refractivity contribution in [3.63, 3.8) is 0 Å². The molecule has 0 unspecified atom stereocenters. The van der Waals surface area contributed by atoms with Gasteiger partial charge in [0.25, 0.3) is 0 Å². The van der Waals surface area contributed by atoms with Gasteiger partial charge in [-0.2, -0.15) is 0 Å². The third-order valence-corrected chi connectivity index (χ3v) is 2.37. The van der Waals surface area contributed by atoms with E-state index in [1.54, 1.807) is 0 Å². The van der Waals surface area contributed by atoms with Crippen LogP contribution in [0.3, 0.4) is 0 Å². The molecule has 0 fully saturated rings. The molecule has 14 heavy (non-hydrogen) atoms. The highest BCUT2D eigenvalue weighted by molar-refractivity contribution is 4.94. The van der Waals surface area contributed by atoms with Crippen molar-refractivity contribution >= 4 is 0 Å². The third-order valence-electron chi connectivity index (χ3n) is 2.37. The second-order valence-corrected chi connectivity index (χ2v) is 4.18. The maximum atomic E-state index is 5.56. The Bertz CT molecular complexity index is 190. The summed E-state index contributed by atoms with van der Waals surface area (Å²) in [4.78, 5) is 4.42. The van der Waals surface area contributed by atoms with Gasteiger partial charge in [-0.05, 0) is 33.5 Å². The Kier molecular flexibility index (Phi) is 4.80. The summed E-state index contributed by atoms with van der Waals surface area (Å²) in [6.45, 7) is 3.03. The van der Waals surface area contributed by atoms with Crippen molar-refractivity contribution < 1.29 is 4.74 Å². The third kappa shape index (κ3) is 4.51. The standard InChI is InChI=1S/C11H22N2O/c1-12(2)7-5-4-6-11-10-13(3)8-9-14-11/h10H,4-9H2,1-3H3. The van der Waals surface area contributed by atoms with Crippen LogP contribution in [0.5, 0.6) is 0 Å². The van der Waals surface area contributed by atoms with E-state index in [9.17, 15) is 0 Å². The van der Waals surface area contributed by atoms with Crippen molar-refractivity contribution in [3.05, 3.63) is 12.0 Å². The molecule has 0 atom stereocenters. The van der Waals surface area contributed by atoms with Gasteiger partial charge in [-0.15, -0.1) is 0 Å². The van der Waals surface area contributed by atoms with Crippen molar-refractivity contribution in [1.29, 1.82) is 0 Å². The number of ether oxygens (including phenoxy) is 1. The Balaban J connectivity index is 2.11. The largest absolute Gasteiger partial charge is 0.495 e. The van der Waals surface area contributed by atoms with Crippen LogP contribution in [0, 0.1) is 0 Å². The summed E-state index contributed by atoms with van der Waals surface area (Å²) in [7, 11) is 6.33. The lowest BCUT2D eigenvalue weighted by atomic mass is 10.2. The maximum Gasteiger partial charge on any atom is 0.112 e. The SMILES string of the molecule is CN(C)CCCCC1=CN(C)CCO1. The number of hydrogen-bond donors (Lipinski definition) is 0.